The number of benzene rings is 2. The lowest BCUT2D eigenvalue weighted by atomic mass is 10.1. The predicted molar refractivity (Wildman–Crippen MR) is 101 cm³/mol. The lowest BCUT2D eigenvalue weighted by Gasteiger charge is -2.23. The highest BCUT2D eigenvalue weighted by Crippen LogP contribution is 2.20. The van der Waals surface area contributed by atoms with Gasteiger partial charge < -0.3 is 10.2 Å². The quantitative estimate of drug-likeness (QED) is 0.798. The third-order valence-electron chi connectivity index (χ3n) is 3.95. The largest absolute Gasteiger partial charge is 0.356 e. The molecule has 0 bridgehead atoms. The Morgan fingerprint density at radius 1 is 0.960 bits per heavy atom. The van der Waals surface area contributed by atoms with Crippen LogP contribution in [0.4, 0.5) is 5.69 Å². The molecule has 0 heterocycles. The van der Waals surface area contributed by atoms with E-state index in [0.29, 0.717) is 25.9 Å². The Kier molecular flexibility index (Phi) is 7.20. The molecule has 0 aliphatic heterocycles. The predicted octanol–water partition coefficient (Wildman–Crippen LogP) is 3.70. The standard InChI is InChI=1S/C21H26N2O2/c1-3-13-22-20(24)15-18-11-8-12-19(14-18)23(21(25)4-2)16-17-9-6-5-7-10-17/h5-12,14H,3-4,13,15-16H2,1-2H3,(H,22,24). The van der Waals surface area contributed by atoms with Gasteiger partial charge in [0.2, 0.25) is 11.8 Å². The second-order valence-electron chi connectivity index (χ2n) is 6.02. The molecule has 2 rings (SSSR count). The van der Waals surface area contributed by atoms with Gasteiger partial charge >= 0.3 is 0 Å². The summed E-state index contributed by atoms with van der Waals surface area (Å²) in [6, 6.07) is 17.6. The van der Waals surface area contributed by atoms with Crippen LogP contribution >= 0.6 is 0 Å². The first-order valence-corrected chi connectivity index (χ1v) is 8.84. The van der Waals surface area contributed by atoms with Crippen molar-refractivity contribution < 1.29 is 9.59 Å². The van der Waals surface area contributed by atoms with Crippen LogP contribution in [0.3, 0.4) is 0 Å². The van der Waals surface area contributed by atoms with Crippen LogP contribution in [-0.4, -0.2) is 18.4 Å². The molecule has 0 saturated heterocycles. The molecule has 4 nitrogen and oxygen atoms in total. The molecule has 0 spiro atoms. The van der Waals surface area contributed by atoms with Crippen molar-refractivity contribution in [1.29, 1.82) is 0 Å². The van der Waals surface area contributed by atoms with Crippen LogP contribution in [0.5, 0.6) is 0 Å². The summed E-state index contributed by atoms with van der Waals surface area (Å²) >= 11 is 0. The number of nitrogens with one attached hydrogen (secondary N) is 1. The van der Waals surface area contributed by atoms with E-state index >= 15 is 0 Å². The molecule has 2 aromatic carbocycles. The molecule has 0 atom stereocenters. The van der Waals surface area contributed by atoms with E-state index in [-0.39, 0.29) is 11.8 Å². The van der Waals surface area contributed by atoms with Crippen LogP contribution in [-0.2, 0) is 22.6 Å². The van der Waals surface area contributed by atoms with Gasteiger partial charge in [-0.1, -0.05) is 56.3 Å². The summed E-state index contributed by atoms with van der Waals surface area (Å²) in [5.41, 5.74) is 2.82. The van der Waals surface area contributed by atoms with Gasteiger partial charge in [-0.3, -0.25) is 9.59 Å². The summed E-state index contributed by atoms with van der Waals surface area (Å²) in [4.78, 5) is 26.2. The molecule has 25 heavy (non-hydrogen) atoms. The maximum atomic E-state index is 12.4. The average Bonchev–Trinajstić information content (AvgIpc) is 2.65. The average molecular weight is 338 g/mol. The fourth-order valence-electron chi connectivity index (χ4n) is 2.63. The first-order valence-electron chi connectivity index (χ1n) is 8.84. The second-order valence-corrected chi connectivity index (χ2v) is 6.02. The van der Waals surface area contributed by atoms with Gasteiger partial charge in [0.05, 0.1) is 13.0 Å². The van der Waals surface area contributed by atoms with Crippen LogP contribution in [0.25, 0.3) is 0 Å². The molecular formula is C21H26N2O2. The minimum Gasteiger partial charge on any atom is -0.356 e. The molecular weight excluding hydrogens is 312 g/mol. The van der Waals surface area contributed by atoms with Gasteiger partial charge in [-0.05, 0) is 29.7 Å². The maximum Gasteiger partial charge on any atom is 0.227 e. The minimum absolute atomic E-state index is 0.00966. The molecule has 0 fully saturated rings. The van der Waals surface area contributed by atoms with Crippen molar-refractivity contribution in [3.63, 3.8) is 0 Å². The van der Waals surface area contributed by atoms with Crippen LogP contribution in [0.1, 0.15) is 37.8 Å². The zero-order valence-electron chi connectivity index (χ0n) is 15.0. The van der Waals surface area contributed by atoms with Crippen molar-refractivity contribution in [2.45, 2.75) is 39.7 Å². The van der Waals surface area contributed by atoms with Gasteiger partial charge in [0.25, 0.3) is 0 Å². The summed E-state index contributed by atoms with van der Waals surface area (Å²) in [6.07, 6.45) is 1.68. The fourth-order valence-corrected chi connectivity index (χ4v) is 2.63. The highest BCUT2D eigenvalue weighted by atomic mass is 16.2. The van der Waals surface area contributed by atoms with Crippen molar-refractivity contribution in [3.8, 4) is 0 Å². The van der Waals surface area contributed by atoms with E-state index in [1.54, 1.807) is 4.90 Å². The Hall–Kier alpha value is -2.62. The van der Waals surface area contributed by atoms with Crippen molar-refractivity contribution in [2.24, 2.45) is 0 Å². The van der Waals surface area contributed by atoms with Crippen molar-refractivity contribution in [2.75, 3.05) is 11.4 Å². The normalized spacial score (nSPS) is 10.3. The van der Waals surface area contributed by atoms with E-state index in [2.05, 4.69) is 5.32 Å². The van der Waals surface area contributed by atoms with Gasteiger partial charge in [0.15, 0.2) is 0 Å². The van der Waals surface area contributed by atoms with Gasteiger partial charge in [-0.2, -0.15) is 0 Å². The topological polar surface area (TPSA) is 49.4 Å². The van der Waals surface area contributed by atoms with Crippen LogP contribution in [0, 0.1) is 0 Å². The van der Waals surface area contributed by atoms with Crippen LogP contribution in [0.15, 0.2) is 54.6 Å². The van der Waals surface area contributed by atoms with Crippen molar-refractivity contribution in [1.82, 2.24) is 5.32 Å². The zero-order chi connectivity index (χ0) is 18.1. The maximum absolute atomic E-state index is 12.4. The van der Waals surface area contributed by atoms with E-state index in [9.17, 15) is 9.59 Å². The summed E-state index contributed by atoms with van der Waals surface area (Å²) in [5, 5.41) is 2.88. The number of nitrogens with zero attached hydrogens (tertiary/aromatic N) is 1. The van der Waals surface area contributed by atoms with E-state index in [4.69, 9.17) is 0 Å². The summed E-state index contributed by atoms with van der Waals surface area (Å²) in [6.45, 7) is 5.10. The molecule has 0 aliphatic rings. The Morgan fingerprint density at radius 3 is 2.36 bits per heavy atom. The summed E-state index contributed by atoms with van der Waals surface area (Å²) in [5.74, 6) is 0.0758. The molecule has 132 valence electrons. The molecule has 2 amide bonds. The highest BCUT2D eigenvalue weighted by molar-refractivity contribution is 5.93. The monoisotopic (exact) mass is 338 g/mol. The number of hydrogen-bond donors (Lipinski definition) is 1. The number of carbonyl (C=O) groups excluding carboxylic acids is 2. The first kappa shape index (κ1) is 18.7. The smallest absolute Gasteiger partial charge is 0.227 e. The molecule has 0 aromatic heterocycles. The Bertz CT molecular complexity index is 698. The number of rotatable bonds is 8. The van der Waals surface area contributed by atoms with Gasteiger partial charge in [-0.25, -0.2) is 0 Å². The molecule has 2 aromatic rings. The SMILES string of the molecule is CCCNC(=O)Cc1cccc(N(Cc2ccccc2)C(=O)CC)c1. The molecule has 4 heteroatoms. The molecule has 0 radical (unpaired) electrons. The van der Waals surface area contributed by atoms with Gasteiger partial charge in [-0.15, -0.1) is 0 Å². The first-order chi connectivity index (χ1) is 12.1. The number of carbonyl (C=O) groups is 2. The lowest BCUT2D eigenvalue weighted by Crippen LogP contribution is -2.30. The van der Waals surface area contributed by atoms with E-state index < -0.39 is 0 Å². The van der Waals surface area contributed by atoms with Crippen LogP contribution in [0.2, 0.25) is 0 Å². The van der Waals surface area contributed by atoms with E-state index in [1.165, 1.54) is 0 Å². The minimum atomic E-state index is 0.00966. The van der Waals surface area contributed by atoms with Crippen LogP contribution < -0.4 is 10.2 Å². The van der Waals surface area contributed by atoms with Gasteiger partial charge in [0, 0.05) is 18.7 Å². The number of hydrogen-bond acceptors (Lipinski definition) is 2. The molecule has 1 N–H and O–H groups in total. The van der Waals surface area contributed by atoms with Crippen molar-refractivity contribution >= 4 is 17.5 Å². The lowest BCUT2D eigenvalue weighted by molar-refractivity contribution is -0.120. The van der Waals surface area contributed by atoms with E-state index in [1.807, 2.05) is 68.4 Å². The van der Waals surface area contributed by atoms with Crippen molar-refractivity contribution in [3.05, 3.63) is 65.7 Å². The third-order valence-corrected chi connectivity index (χ3v) is 3.95. The number of amides is 2. The molecule has 0 unspecified atom stereocenters. The fraction of sp³-hybridized carbons (Fsp3) is 0.333. The van der Waals surface area contributed by atoms with Gasteiger partial charge in [0.1, 0.15) is 0 Å². The molecule has 0 saturated carbocycles. The van der Waals surface area contributed by atoms with E-state index in [0.717, 1.165) is 23.2 Å². The second kappa shape index (κ2) is 9.62. The Labute approximate surface area is 149 Å². The third kappa shape index (κ3) is 5.75. The Balaban J connectivity index is 2.18. The Morgan fingerprint density at radius 2 is 1.68 bits per heavy atom. The number of anilines is 1. The zero-order valence-corrected chi connectivity index (χ0v) is 15.0. The summed E-state index contributed by atoms with van der Waals surface area (Å²) < 4.78 is 0. The summed E-state index contributed by atoms with van der Waals surface area (Å²) in [7, 11) is 0. The molecule has 0 aliphatic carbocycles. The highest BCUT2D eigenvalue weighted by Gasteiger charge is 2.15.